The number of aryl methyl sites for hydroxylation is 1. The molecule has 0 saturated heterocycles. The van der Waals surface area contributed by atoms with E-state index in [-0.39, 0.29) is 5.91 Å². The summed E-state index contributed by atoms with van der Waals surface area (Å²) >= 11 is 1.56. The van der Waals surface area contributed by atoms with E-state index < -0.39 is 5.54 Å². The number of anilines is 2. The van der Waals surface area contributed by atoms with Gasteiger partial charge >= 0.3 is 0 Å². The minimum atomic E-state index is -0.475. The number of para-hydroxylation sites is 1. The summed E-state index contributed by atoms with van der Waals surface area (Å²) in [5, 5.41) is 6.97. The Morgan fingerprint density at radius 1 is 1.12 bits per heavy atom. The lowest BCUT2D eigenvalue weighted by atomic mass is 9.88. The molecule has 4 rings (SSSR count). The third kappa shape index (κ3) is 5.29. The van der Waals surface area contributed by atoms with Crippen molar-refractivity contribution in [1.29, 1.82) is 0 Å². The number of hydrogen-bond donors (Lipinski definition) is 3. The molecule has 3 aromatic rings. The summed E-state index contributed by atoms with van der Waals surface area (Å²) in [6.07, 6.45) is 2.70. The molecule has 1 aliphatic heterocycles. The van der Waals surface area contributed by atoms with Crippen LogP contribution in [-0.2, 0) is 12.1 Å². The molecule has 0 aliphatic carbocycles. The van der Waals surface area contributed by atoms with E-state index in [9.17, 15) is 4.79 Å². The number of nitrogens with zero attached hydrogens (tertiary/aromatic N) is 2. The second kappa shape index (κ2) is 9.44. The highest BCUT2D eigenvalue weighted by atomic mass is 32.2. The van der Waals surface area contributed by atoms with Crippen molar-refractivity contribution in [3.8, 4) is 0 Å². The molecule has 0 spiro atoms. The summed E-state index contributed by atoms with van der Waals surface area (Å²) in [4.78, 5) is 22.2. The van der Waals surface area contributed by atoms with Crippen LogP contribution < -0.4 is 16.4 Å². The Balaban J connectivity index is 1.65. The minimum Gasteiger partial charge on any atom is -0.379 e. The molecule has 164 valence electrons. The van der Waals surface area contributed by atoms with E-state index >= 15 is 0 Å². The predicted octanol–water partition coefficient (Wildman–Crippen LogP) is 4.92. The van der Waals surface area contributed by atoms with Gasteiger partial charge in [0.05, 0.1) is 17.8 Å². The van der Waals surface area contributed by atoms with Crippen LogP contribution in [0, 0.1) is 6.92 Å². The number of aliphatic imine (C=N–C) groups is 1. The number of pyridine rings is 1. The van der Waals surface area contributed by atoms with Gasteiger partial charge in [0.2, 0.25) is 0 Å². The summed E-state index contributed by atoms with van der Waals surface area (Å²) in [7, 11) is 0. The molecular weight excluding hydrogens is 418 g/mol. The maximum absolute atomic E-state index is 13.1. The predicted molar refractivity (Wildman–Crippen MR) is 133 cm³/mol. The molecule has 2 aromatic carbocycles. The second-order valence-electron chi connectivity index (χ2n) is 8.12. The third-order valence-electron chi connectivity index (χ3n) is 5.49. The van der Waals surface area contributed by atoms with Crippen molar-refractivity contribution in [1.82, 2.24) is 4.98 Å². The quantitative estimate of drug-likeness (QED) is 0.501. The van der Waals surface area contributed by atoms with Gasteiger partial charge in [-0.25, -0.2) is 0 Å². The molecule has 0 radical (unpaired) electrons. The van der Waals surface area contributed by atoms with E-state index in [4.69, 9.17) is 10.7 Å². The van der Waals surface area contributed by atoms with Crippen molar-refractivity contribution in [2.45, 2.75) is 32.4 Å². The van der Waals surface area contributed by atoms with E-state index in [0.717, 1.165) is 40.4 Å². The molecule has 32 heavy (non-hydrogen) atoms. The topological polar surface area (TPSA) is 92.4 Å². The Hall–Kier alpha value is -3.32. The molecule has 1 amide bonds. The number of nitrogens with one attached hydrogen (secondary N) is 2. The van der Waals surface area contributed by atoms with Crippen LogP contribution >= 0.6 is 11.8 Å². The van der Waals surface area contributed by atoms with Crippen LogP contribution in [0.2, 0.25) is 0 Å². The fourth-order valence-corrected chi connectivity index (χ4v) is 4.56. The minimum absolute atomic E-state index is 0.166. The van der Waals surface area contributed by atoms with Crippen molar-refractivity contribution in [2.75, 3.05) is 16.4 Å². The molecule has 1 atom stereocenters. The number of amidine groups is 1. The summed E-state index contributed by atoms with van der Waals surface area (Å²) in [6, 6.07) is 19.3. The number of amides is 1. The standard InChI is InChI=1S/C25H27N5OS/c1-17-8-9-21(27-15-17)16-28-22-13-18(23(31)29-20-6-4-3-5-7-20)12-19(14-22)25(2)10-11-32-24(26)30-25/h3-9,12-15,28H,10-11,16H2,1-2H3,(H2,26,30)(H,29,31). The summed E-state index contributed by atoms with van der Waals surface area (Å²) < 4.78 is 0. The molecule has 7 heteroatoms. The van der Waals surface area contributed by atoms with Gasteiger partial charge < -0.3 is 16.4 Å². The fraction of sp³-hybridized carbons (Fsp3) is 0.240. The van der Waals surface area contributed by atoms with Crippen LogP contribution in [-0.4, -0.2) is 21.8 Å². The average molecular weight is 446 g/mol. The Morgan fingerprint density at radius 3 is 2.66 bits per heavy atom. The van der Waals surface area contributed by atoms with E-state index in [1.54, 1.807) is 11.8 Å². The van der Waals surface area contributed by atoms with Crippen LogP contribution in [0.5, 0.6) is 0 Å². The van der Waals surface area contributed by atoms with Crippen LogP contribution in [0.4, 0.5) is 11.4 Å². The number of carbonyl (C=O) groups excluding carboxylic acids is 1. The van der Waals surface area contributed by atoms with Gasteiger partial charge in [0.1, 0.15) is 0 Å². The zero-order valence-electron chi connectivity index (χ0n) is 18.3. The first-order chi connectivity index (χ1) is 15.4. The lowest BCUT2D eigenvalue weighted by molar-refractivity contribution is 0.102. The third-order valence-corrected chi connectivity index (χ3v) is 6.29. The van der Waals surface area contributed by atoms with Crippen LogP contribution in [0.25, 0.3) is 0 Å². The van der Waals surface area contributed by atoms with Gasteiger partial charge in [0.15, 0.2) is 5.17 Å². The van der Waals surface area contributed by atoms with Gasteiger partial charge in [-0.1, -0.05) is 36.0 Å². The van der Waals surface area contributed by atoms with Crippen molar-refractivity contribution in [3.05, 3.63) is 89.2 Å². The van der Waals surface area contributed by atoms with Crippen molar-refractivity contribution in [2.24, 2.45) is 10.7 Å². The highest BCUT2D eigenvalue weighted by Gasteiger charge is 2.30. The highest BCUT2D eigenvalue weighted by molar-refractivity contribution is 8.13. The molecule has 1 unspecified atom stereocenters. The Labute approximate surface area is 192 Å². The van der Waals surface area contributed by atoms with Crippen molar-refractivity contribution in [3.63, 3.8) is 0 Å². The smallest absolute Gasteiger partial charge is 0.255 e. The molecule has 0 bridgehead atoms. The van der Waals surface area contributed by atoms with Crippen LogP contribution in [0.15, 0.2) is 71.9 Å². The maximum atomic E-state index is 13.1. The zero-order valence-corrected chi connectivity index (χ0v) is 19.1. The number of thioether (sulfide) groups is 1. The molecule has 0 saturated carbocycles. The lowest BCUT2D eigenvalue weighted by Crippen LogP contribution is -2.29. The fourth-order valence-electron chi connectivity index (χ4n) is 3.59. The van der Waals surface area contributed by atoms with Gasteiger partial charge in [-0.15, -0.1) is 0 Å². The molecule has 0 fully saturated rings. The molecule has 2 heterocycles. The summed E-state index contributed by atoms with van der Waals surface area (Å²) in [5.74, 6) is 0.725. The number of hydrogen-bond acceptors (Lipinski definition) is 6. The molecule has 1 aromatic heterocycles. The first kappa shape index (κ1) is 21.9. The molecule has 4 N–H and O–H groups in total. The SMILES string of the molecule is Cc1ccc(CNc2cc(C(=O)Nc3ccccc3)cc(C3(C)CCSC(N)=N3)c2)nc1. The molecular formula is C25H27N5OS. The number of aromatic nitrogens is 1. The first-order valence-electron chi connectivity index (χ1n) is 10.6. The van der Waals surface area contributed by atoms with E-state index in [1.165, 1.54) is 0 Å². The summed E-state index contributed by atoms with van der Waals surface area (Å²) in [5.41, 5.74) is 10.7. The van der Waals surface area contributed by atoms with Crippen LogP contribution in [0.1, 0.15) is 40.5 Å². The molecule has 6 nitrogen and oxygen atoms in total. The lowest BCUT2D eigenvalue weighted by Gasteiger charge is -2.30. The summed E-state index contributed by atoms with van der Waals surface area (Å²) in [6.45, 7) is 4.64. The zero-order chi connectivity index (χ0) is 22.6. The first-order valence-corrected chi connectivity index (χ1v) is 11.6. The largest absolute Gasteiger partial charge is 0.379 e. The number of carbonyl (C=O) groups is 1. The number of nitrogens with two attached hydrogens (primary N) is 1. The Morgan fingerprint density at radius 2 is 1.94 bits per heavy atom. The van der Waals surface area contributed by atoms with E-state index in [1.807, 2.05) is 67.7 Å². The normalized spacial score (nSPS) is 18.0. The van der Waals surface area contributed by atoms with E-state index in [0.29, 0.717) is 17.3 Å². The van der Waals surface area contributed by atoms with Gasteiger partial charge in [-0.3, -0.25) is 14.8 Å². The van der Waals surface area contributed by atoms with E-state index in [2.05, 4.69) is 28.6 Å². The molecule has 1 aliphatic rings. The second-order valence-corrected chi connectivity index (χ2v) is 9.24. The Kier molecular flexibility index (Phi) is 6.46. The maximum Gasteiger partial charge on any atom is 0.255 e. The number of rotatable bonds is 6. The van der Waals surface area contributed by atoms with Crippen LogP contribution in [0.3, 0.4) is 0 Å². The number of benzene rings is 2. The van der Waals surface area contributed by atoms with Gasteiger partial charge in [-0.05, 0) is 67.8 Å². The van der Waals surface area contributed by atoms with Crippen molar-refractivity contribution >= 4 is 34.2 Å². The van der Waals surface area contributed by atoms with Gasteiger partial charge in [0, 0.05) is 28.9 Å². The van der Waals surface area contributed by atoms with Gasteiger partial charge in [0.25, 0.3) is 5.91 Å². The average Bonchev–Trinajstić information content (AvgIpc) is 2.79. The Bertz CT molecular complexity index is 1130. The van der Waals surface area contributed by atoms with Gasteiger partial charge in [-0.2, -0.15) is 0 Å². The highest BCUT2D eigenvalue weighted by Crippen LogP contribution is 2.37. The van der Waals surface area contributed by atoms with Crippen molar-refractivity contribution < 1.29 is 4.79 Å². The monoisotopic (exact) mass is 445 g/mol.